The summed E-state index contributed by atoms with van der Waals surface area (Å²) < 4.78 is 2.27. The van der Waals surface area contributed by atoms with E-state index in [1.165, 1.54) is 11.1 Å². The first-order valence-electron chi connectivity index (χ1n) is 7.42. The standard InChI is InChI=1S/C20H16N2/c1-15-9-11-17(12-10-15)22-19-8-5-13-21-18(19)14-20(22)16-6-3-2-4-7-16/h2-14H,1H3. The summed E-state index contributed by atoms with van der Waals surface area (Å²) in [6.45, 7) is 2.11. The van der Waals surface area contributed by atoms with Crippen LogP contribution < -0.4 is 0 Å². The van der Waals surface area contributed by atoms with Gasteiger partial charge in [0, 0.05) is 11.9 Å². The highest BCUT2D eigenvalue weighted by Crippen LogP contribution is 2.30. The van der Waals surface area contributed by atoms with Crippen LogP contribution in [0.2, 0.25) is 0 Å². The molecule has 0 fully saturated rings. The lowest BCUT2D eigenvalue weighted by Gasteiger charge is -2.11. The third-order valence-electron chi connectivity index (χ3n) is 3.93. The summed E-state index contributed by atoms with van der Waals surface area (Å²) in [6.07, 6.45) is 1.84. The summed E-state index contributed by atoms with van der Waals surface area (Å²) in [7, 11) is 0. The van der Waals surface area contributed by atoms with E-state index in [4.69, 9.17) is 0 Å². The lowest BCUT2D eigenvalue weighted by Crippen LogP contribution is -1.96. The van der Waals surface area contributed by atoms with Crippen molar-refractivity contribution in [1.29, 1.82) is 0 Å². The van der Waals surface area contributed by atoms with E-state index in [1.807, 2.05) is 18.3 Å². The Bertz CT molecular complexity index is 919. The maximum atomic E-state index is 4.51. The van der Waals surface area contributed by atoms with Crippen molar-refractivity contribution >= 4 is 11.0 Å². The number of hydrogen-bond donors (Lipinski definition) is 0. The molecule has 0 bridgehead atoms. The number of aryl methyl sites for hydroxylation is 1. The van der Waals surface area contributed by atoms with Gasteiger partial charge in [-0.2, -0.15) is 0 Å². The van der Waals surface area contributed by atoms with E-state index in [-0.39, 0.29) is 0 Å². The molecule has 2 heterocycles. The van der Waals surface area contributed by atoms with Crippen molar-refractivity contribution in [3.8, 4) is 16.9 Å². The Hall–Kier alpha value is -2.87. The van der Waals surface area contributed by atoms with E-state index in [0.29, 0.717) is 0 Å². The molecule has 0 spiro atoms. The third kappa shape index (κ3) is 2.09. The van der Waals surface area contributed by atoms with Crippen LogP contribution in [-0.2, 0) is 0 Å². The summed E-state index contributed by atoms with van der Waals surface area (Å²) in [5, 5.41) is 0. The molecule has 4 aromatic rings. The Balaban J connectivity index is 2.04. The Morgan fingerprint density at radius 2 is 1.59 bits per heavy atom. The zero-order valence-electron chi connectivity index (χ0n) is 12.4. The normalized spacial score (nSPS) is 11.0. The first-order valence-corrected chi connectivity index (χ1v) is 7.42. The highest BCUT2D eigenvalue weighted by atomic mass is 15.0. The van der Waals surface area contributed by atoms with Gasteiger partial charge in [-0.3, -0.25) is 4.98 Å². The van der Waals surface area contributed by atoms with E-state index >= 15 is 0 Å². The number of aromatic nitrogens is 2. The van der Waals surface area contributed by atoms with Crippen LogP contribution in [0, 0.1) is 6.92 Å². The van der Waals surface area contributed by atoms with Crippen molar-refractivity contribution in [3.05, 3.63) is 84.6 Å². The fraction of sp³-hybridized carbons (Fsp3) is 0.0500. The molecule has 0 saturated heterocycles. The minimum atomic E-state index is 1.02. The molecule has 2 heteroatoms. The van der Waals surface area contributed by atoms with Crippen LogP contribution in [0.1, 0.15) is 5.56 Å². The van der Waals surface area contributed by atoms with Gasteiger partial charge in [-0.25, -0.2) is 0 Å². The first kappa shape index (κ1) is 12.8. The Kier molecular flexibility index (Phi) is 3.01. The molecule has 0 aliphatic carbocycles. The summed E-state index contributed by atoms with van der Waals surface area (Å²) >= 11 is 0. The van der Waals surface area contributed by atoms with Crippen molar-refractivity contribution < 1.29 is 0 Å². The smallest absolute Gasteiger partial charge is 0.0891 e. The van der Waals surface area contributed by atoms with Gasteiger partial charge >= 0.3 is 0 Å². The molecular weight excluding hydrogens is 268 g/mol. The van der Waals surface area contributed by atoms with Gasteiger partial charge in [0.25, 0.3) is 0 Å². The Morgan fingerprint density at radius 1 is 0.818 bits per heavy atom. The van der Waals surface area contributed by atoms with Crippen LogP contribution in [0.25, 0.3) is 28.0 Å². The molecule has 106 valence electrons. The number of hydrogen-bond acceptors (Lipinski definition) is 1. The van der Waals surface area contributed by atoms with Crippen LogP contribution in [-0.4, -0.2) is 9.55 Å². The van der Waals surface area contributed by atoms with Gasteiger partial charge in [0.05, 0.1) is 16.7 Å². The van der Waals surface area contributed by atoms with Crippen molar-refractivity contribution in [2.24, 2.45) is 0 Å². The maximum absolute atomic E-state index is 4.51. The van der Waals surface area contributed by atoms with Gasteiger partial charge in [-0.1, -0.05) is 48.0 Å². The van der Waals surface area contributed by atoms with Gasteiger partial charge in [-0.05, 0) is 42.8 Å². The Labute approximate surface area is 129 Å². The van der Waals surface area contributed by atoms with E-state index in [2.05, 4.69) is 77.1 Å². The van der Waals surface area contributed by atoms with E-state index < -0.39 is 0 Å². The van der Waals surface area contributed by atoms with Crippen molar-refractivity contribution in [3.63, 3.8) is 0 Å². The van der Waals surface area contributed by atoms with Crippen LogP contribution in [0.4, 0.5) is 0 Å². The van der Waals surface area contributed by atoms with Gasteiger partial charge in [0.15, 0.2) is 0 Å². The molecule has 0 N–H and O–H groups in total. The van der Waals surface area contributed by atoms with Gasteiger partial charge in [-0.15, -0.1) is 0 Å². The van der Waals surface area contributed by atoms with Crippen LogP contribution in [0.15, 0.2) is 79.0 Å². The van der Waals surface area contributed by atoms with Crippen molar-refractivity contribution in [2.45, 2.75) is 6.92 Å². The topological polar surface area (TPSA) is 17.8 Å². The quantitative estimate of drug-likeness (QED) is 0.506. The minimum absolute atomic E-state index is 1.02. The molecular formula is C20H16N2. The third-order valence-corrected chi connectivity index (χ3v) is 3.93. The zero-order valence-corrected chi connectivity index (χ0v) is 12.4. The van der Waals surface area contributed by atoms with E-state index in [0.717, 1.165) is 22.4 Å². The van der Waals surface area contributed by atoms with Crippen molar-refractivity contribution in [1.82, 2.24) is 9.55 Å². The van der Waals surface area contributed by atoms with Crippen LogP contribution in [0.5, 0.6) is 0 Å². The Morgan fingerprint density at radius 3 is 2.36 bits per heavy atom. The molecule has 0 radical (unpaired) electrons. The largest absolute Gasteiger partial charge is 0.308 e. The molecule has 0 aliphatic heterocycles. The molecule has 0 amide bonds. The number of rotatable bonds is 2. The summed E-state index contributed by atoms with van der Waals surface area (Å²) in [6, 6.07) is 25.3. The number of fused-ring (bicyclic) bond motifs is 1. The monoisotopic (exact) mass is 284 g/mol. The fourth-order valence-electron chi connectivity index (χ4n) is 2.83. The van der Waals surface area contributed by atoms with Crippen LogP contribution in [0.3, 0.4) is 0 Å². The average Bonchev–Trinajstić information content (AvgIpc) is 2.96. The SMILES string of the molecule is Cc1ccc(-n2c(-c3ccccc3)cc3ncccc32)cc1. The lowest BCUT2D eigenvalue weighted by atomic mass is 10.1. The second kappa shape index (κ2) is 5.15. The van der Waals surface area contributed by atoms with Crippen LogP contribution >= 0.6 is 0 Å². The summed E-state index contributed by atoms with van der Waals surface area (Å²) in [4.78, 5) is 4.51. The zero-order chi connectivity index (χ0) is 14.9. The predicted molar refractivity (Wildman–Crippen MR) is 91.2 cm³/mol. The highest BCUT2D eigenvalue weighted by Gasteiger charge is 2.12. The van der Waals surface area contributed by atoms with Gasteiger partial charge < -0.3 is 4.57 Å². The molecule has 0 atom stereocenters. The molecule has 2 aromatic heterocycles. The number of pyridine rings is 1. The number of benzene rings is 2. The van der Waals surface area contributed by atoms with E-state index in [9.17, 15) is 0 Å². The minimum Gasteiger partial charge on any atom is -0.308 e. The summed E-state index contributed by atoms with van der Waals surface area (Å²) in [5.41, 5.74) is 6.93. The summed E-state index contributed by atoms with van der Waals surface area (Å²) in [5.74, 6) is 0. The van der Waals surface area contributed by atoms with E-state index in [1.54, 1.807) is 0 Å². The average molecular weight is 284 g/mol. The lowest BCUT2D eigenvalue weighted by molar-refractivity contribution is 1.13. The second-order valence-corrected chi connectivity index (χ2v) is 5.47. The predicted octanol–water partition coefficient (Wildman–Crippen LogP) is 5.00. The molecule has 0 saturated carbocycles. The molecule has 4 rings (SSSR count). The fourth-order valence-corrected chi connectivity index (χ4v) is 2.83. The molecule has 2 nitrogen and oxygen atoms in total. The number of nitrogens with zero attached hydrogens (tertiary/aromatic N) is 2. The molecule has 0 aliphatic rings. The van der Waals surface area contributed by atoms with Gasteiger partial charge in [0.2, 0.25) is 0 Å². The van der Waals surface area contributed by atoms with Crippen molar-refractivity contribution in [2.75, 3.05) is 0 Å². The highest BCUT2D eigenvalue weighted by molar-refractivity contribution is 5.86. The molecule has 2 aromatic carbocycles. The molecule has 22 heavy (non-hydrogen) atoms. The second-order valence-electron chi connectivity index (χ2n) is 5.47. The molecule has 0 unspecified atom stereocenters. The first-order chi connectivity index (χ1) is 10.8. The van der Waals surface area contributed by atoms with Gasteiger partial charge in [0.1, 0.15) is 0 Å². The maximum Gasteiger partial charge on any atom is 0.0891 e.